The second-order valence-electron chi connectivity index (χ2n) is 2.34. The Morgan fingerprint density at radius 1 is 1.36 bits per heavy atom. The maximum Gasteiger partial charge on any atom is 0.573 e. The van der Waals surface area contributed by atoms with Gasteiger partial charge in [-0.25, -0.2) is 0 Å². The summed E-state index contributed by atoms with van der Waals surface area (Å²) in [4.78, 5) is 0. The van der Waals surface area contributed by atoms with E-state index >= 15 is 0 Å². The SMILES string of the molecule is C#Cc1ccc(OC(F)(F)F)c(Cl)c1. The highest BCUT2D eigenvalue weighted by Gasteiger charge is 2.31. The lowest BCUT2D eigenvalue weighted by Crippen LogP contribution is -2.17. The number of alkyl halides is 3. The molecule has 14 heavy (non-hydrogen) atoms. The van der Waals surface area contributed by atoms with E-state index in [4.69, 9.17) is 18.0 Å². The first kappa shape index (κ1) is 10.7. The highest BCUT2D eigenvalue weighted by Crippen LogP contribution is 2.30. The molecule has 1 aromatic rings. The van der Waals surface area contributed by atoms with E-state index in [1.54, 1.807) is 0 Å². The standard InChI is InChI=1S/C9H4ClF3O/c1-2-6-3-4-8(7(10)5-6)14-9(11,12)13/h1,3-5H. The summed E-state index contributed by atoms with van der Waals surface area (Å²) in [6.45, 7) is 0. The molecule has 0 fully saturated rings. The molecule has 0 bridgehead atoms. The van der Waals surface area contributed by atoms with Crippen molar-refractivity contribution in [1.82, 2.24) is 0 Å². The molecule has 1 nitrogen and oxygen atoms in total. The Bertz CT molecular complexity index is 379. The zero-order valence-corrected chi connectivity index (χ0v) is 7.49. The van der Waals surface area contributed by atoms with Crippen molar-refractivity contribution in [3.8, 4) is 18.1 Å². The van der Waals surface area contributed by atoms with Crippen LogP contribution in [0.4, 0.5) is 13.2 Å². The summed E-state index contributed by atoms with van der Waals surface area (Å²) in [6.07, 6.45) is 0.276. The topological polar surface area (TPSA) is 9.23 Å². The van der Waals surface area contributed by atoms with Crippen LogP contribution in [0.2, 0.25) is 5.02 Å². The molecule has 1 rings (SSSR count). The van der Waals surface area contributed by atoms with Gasteiger partial charge in [0.15, 0.2) is 0 Å². The first-order valence-corrected chi connectivity index (χ1v) is 3.82. The zero-order chi connectivity index (χ0) is 10.8. The fourth-order valence-corrected chi connectivity index (χ4v) is 1.02. The van der Waals surface area contributed by atoms with Crippen LogP contribution in [0.25, 0.3) is 0 Å². The number of halogens is 4. The van der Waals surface area contributed by atoms with Crippen LogP contribution in [0.3, 0.4) is 0 Å². The molecule has 0 saturated heterocycles. The minimum Gasteiger partial charge on any atom is -0.404 e. The van der Waals surface area contributed by atoms with Gasteiger partial charge in [0.2, 0.25) is 0 Å². The van der Waals surface area contributed by atoms with Gasteiger partial charge in [-0.2, -0.15) is 0 Å². The fraction of sp³-hybridized carbons (Fsp3) is 0.111. The van der Waals surface area contributed by atoms with E-state index in [1.165, 1.54) is 12.1 Å². The molecule has 0 aliphatic rings. The van der Waals surface area contributed by atoms with E-state index in [-0.39, 0.29) is 5.02 Å². The first-order valence-electron chi connectivity index (χ1n) is 3.44. The van der Waals surface area contributed by atoms with Gasteiger partial charge in [-0.05, 0) is 18.2 Å². The quantitative estimate of drug-likeness (QED) is 0.661. The van der Waals surface area contributed by atoms with Gasteiger partial charge in [0, 0.05) is 5.56 Å². The van der Waals surface area contributed by atoms with Gasteiger partial charge in [-0.15, -0.1) is 19.6 Å². The summed E-state index contributed by atoms with van der Waals surface area (Å²) in [5, 5.41) is -0.169. The van der Waals surface area contributed by atoms with Crippen LogP contribution in [-0.4, -0.2) is 6.36 Å². The molecule has 0 unspecified atom stereocenters. The Hall–Kier alpha value is -1.34. The number of benzene rings is 1. The van der Waals surface area contributed by atoms with Crippen molar-refractivity contribution >= 4 is 11.6 Å². The van der Waals surface area contributed by atoms with Gasteiger partial charge in [0.1, 0.15) is 5.75 Å². The Balaban J connectivity index is 2.97. The molecule has 1 aromatic carbocycles. The number of terminal acetylenes is 1. The lowest BCUT2D eigenvalue weighted by atomic mass is 10.2. The van der Waals surface area contributed by atoms with E-state index in [2.05, 4.69) is 10.7 Å². The van der Waals surface area contributed by atoms with E-state index < -0.39 is 12.1 Å². The molecule has 0 N–H and O–H groups in total. The van der Waals surface area contributed by atoms with Gasteiger partial charge >= 0.3 is 6.36 Å². The maximum atomic E-state index is 11.8. The lowest BCUT2D eigenvalue weighted by Gasteiger charge is -2.09. The van der Waals surface area contributed by atoms with Crippen LogP contribution >= 0.6 is 11.6 Å². The molecule has 0 saturated carbocycles. The molecule has 5 heteroatoms. The van der Waals surface area contributed by atoms with Gasteiger partial charge in [0.25, 0.3) is 0 Å². The predicted octanol–water partition coefficient (Wildman–Crippen LogP) is 3.22. The van der Waals surface area contributed by atoms with Crippen LogP contribution in [0.1, 0.15) is 5.56 Å². The second-order valence-corrected chi connectivity index (χ2v) is 2.74. The minimum atomic E-state index is -4.75. The molecular weight excluding hydrogens is 217 g/mol. The van der Waals surface area contributed by atoms with E-state index in [9.17, 15) is 13.2 Å². The van der Waals surface area contributed by atoms with E-state index in [1.807, 2.05) is 0 Å². The van der Waals surface area contributed by atoms with Crippen LogP contribution in [0.5, 0.6) is 5.75 Å². The van der Waals surface area contributed by atoms with Crippen molar-refractivity contribution in [2.45, 2.75) is 6.36 Å². The Morgan fingerprint density at radius 2 is 2.00 bits per heavy atom. The van der Waals surface area contributed by atoms with Gasteiger partial charge in [-0.3, -0.25) is 0 Å². The zero-order valence-electron chi connectivity index (χ0n) is 6.73. The van der Waals surface area contributed by atoms with Crippen molar-refractivity contribution in [2.24, 2.45) is 0 Å². The summed E-state index contributed by atoms with van der Waals surface area (Å²) in [5.74, 6) is 1.78. The van der Waals surface area contributed by atoms with Gasteiger partial charge in [-0.1, -0.05) is 17.5 Å². The van der Waals surface area contributed by atoms with Gasteiger partial charge < -0.3 is 4.74 Å². The first-order chi connectivity index (χ1) is 6.42. The van der Waals surface area contributed by atoms with Crippen molar-refractivity contribution < 1.29 is 17.9 Å². The molecule has 0 atom stereocenters. The largest absolute Gasteiger partial charge is 0.573 e. The van der Waals surface area contributed by atoms with Gasteiger partial charge in [0.05, 0.1) is 5.02 Å². The molecule has 0 amide bonds. The van der Waals surface area contributed by atoms with Crippen LogP contribution in [0, 0.1) is 12.3 Å². The number of rotatable bonds is 1. The summed E-state index contributed by atoms with van der Waals surface area (Å²) in [6, 6.07) is 3.61. The summed E-state index contributed by atoms with van der Waals surface area (Å²) < 4.78 is 39.0. The minimum absolute atomic E-state index is 0.169. The highest BCUT2D eigenvalue weighted by atomic mass is 35.5. The monoisotopic (exact) mass is 220 g/mol. The Labute approximate surface area is 83.4 Å². The fourth-order valence-electron chi connectivity index (χ4n) is 0.798. The molecule has 0 aliphatic heterocycles. The van der Waals surface area contributed by atoms with Crippen molar-refractivity contribution in [2.75, 3.05) is 0 Å². The third kappa shape index (κ3) is 2.86. The van der Waals surface area contributed by atoms with Crippen LogP contribution < -0.4 is 4.74 Å². The third-order valence-electron chi connectivity index (χ3n) is 1.32. The van der Waals surface area contributed by atoms with E-state index in [0.717, 1.165) is 6.07 Å². The smallest absolute Gasteiger partial charge is 0.404 e. The normalized spacial score (nSPS) is 10.8. The average molecular weight is 221 g/mol. The highest BCUT2D eigenvalue weighted by molar-refractivity contribution is 6.32. The predicted molar refractivity (Wildman–Crippen MR) is 46.1 cm³/mol. The average Bonchev–Trinajstić information content (AvgIpc) is 2.06. The Kier molecular flexibility index (Phi) is 2.92. The number of hydrogen-bond donors (Lipinski definition) is 0. The number of hydrogen-bond acceptors (Lipinski definition) is 1. The molecule has 0 spiro atoms. The third-order valence-corrected chi connectivity index (χ3v) is 1.62. The molecule has 0 heterocycles. The molecule has 0 aromatic heterocycles. The van der Waals surface area contributed by atoms with Crippen molar-refractivity contribution in [3.05, 3.63) is 28.8 Å². The summed E-state index contributed by atoms with van der Waals surface area (Å²) >= 11 is 5.49. The molecule has 74 valence electrons. The summed E-state index contributed by atoms with van der Waals surface area (Å²) in [5.41, 5.74) is 0.393. The molecule has 0 radical (unpaired) electrons. The maximum absolute atomic E-state index is 11.8. The van der Waals surface area contributed by atoms with Crippen molar-refractivity contribution in [1.29, 1.82) is 0 Å². The Morgan fingerprint density at radius 3 is 2.43 bits per heavy atom. The molecular formula is C9H4ClF3O. The van der Waals surface area contributed by atoms with E-state index in [0.29, 0.717) is 5.56 Å². The van der Waals surface area contributed by atoms with Crippen LogP contribution in [-0.2, 0) is 0 Å². The number of ether oxygens (including phenoxy) is 1. The second kappa shape index (κ2) is 3.81. The summed E-state index contributed by atoms with van der Waals surface area (Å²) in [7, 11) is 0. The van der Waals surface area contributed by atoms with Crippen LogP contribution in [0.15, 0.2) is 18.2 Å². The molecule has 0 aliphatic carbocycles. The van der Waals surface area contributed by atoms with Crippen molar-refractivity contribution in [3.63, 3.8) is 0 Å². The lowest BCUT2D eigenvalue weighted by molar-refractivity contribution is -0.274.